The van der Waals surface area contributed by atoms with Gasteiger partial charge in [0.15, 0.2) is 10.9 Å². The van der Waals surface area contributed by atoms with Gasteiger partial charge in [-0.2, -0.15) is 0 Å². The molecule has 0 spiro atoms. The molecule has 3 heterocycles. The fourth-order valence-electron chi connectivity index (χ4n) is 3.76. The van der Waals surface area contributed by atoms with E-state index in [0.717, 1.165) is 16.7 Å². The molecular weight excluding hydrogens is 441 g/mol. The Hall–Kier alpha value is -3.36. The average Bonchev–Trinajstić information content (AvgIpc) is 3.43. The number of fused-ring (bicyclic) bond motifs is 1. The van der Waals surface area contributed by atoms with Gasteiger partial charge in [0.05, 0.1) is 12.9 Å². The van der Waals surface area contributed by atoms with E-state index in [9.17, 15) is 4.39 Å². The summed E-state index contributed by atoms with van der Waals surface area (Å²) in [5, 5.41) is 9.37. The zero-order chi connectivity index (χ0) is 22.8. The van der Waals surface area contributed by atoms with E-state index in [4.69, 9.17) is 13.9 Å². The van der Waals surface area contributed by atoms with Crippen LogP contribution in [0.4, 0.5) is 4.39 Å². The number of benzene rings is 2. The molecule has 0 saturated heterocycles. The standard InChI is InChI=1S/C25H22FN3O3S/c1-3-10-29-23(21-16(2)9-11-30-21)27-28-25(29)33-15-19-13-20(26)12-18-14-31-24(32-22(18)19)17-7-5-4-6-8-17/h3-9,11-13,24H,1,10,14-15H2,2H3/t24-/m1/s1. The summed E-state index contributed by atoms with van der Waals surface area (Å²) in [6.45, 7) is 6.60. The second kappa shape index (κ2) is 9.25. The SMILES string of the molecule is C=CCn1c(SCc2cc(F)cc3c2O[C@H](c2ccccc2)OC3)nnc1-c1occc1C. The molecule has 6 nitrogen and oxygen atoms in total. The van der Waals surface area contributed by atoms with Crippen molar-refractivity contribution < 1.29 is 18.3 Å². The van der Waals surface area contributed by atoms with Gasteiger partial charge in [-0.05, 0) is 30.7 Å². The van der Waals surface area contributed by atoms with Crippen LogP contribution in [0, 0.1) is 12.7 Å². The lowest BCUT2D eigenvalue weighted by Gasteiger charge is -2.28. The highest BCUT2D eigenvalue weighted by molar-refractivity contribution is 7.98. The summed E-state index contributed by atoms with van der Waals surface area (Å²) < 4.78 is 33.9. The zero-order valence-corrected chi connectivity index (χ0v) is 18.8. The number of aromatic nitrogens is 3. The Morgan fingerprint density at radius 2 is 2.06 bits per heavy atom. The van der Waals surface area contributed by atoms with Crippen molar-refractivity contribution >= 4 is 11.8 Å². The van der Waals surface area contributed by atoms with Crippen molar-refractivity contribution in [2.24, 2.45) is 0 Å². The van der Waals surface area contributed by atoms with Crippen LogP contribution in [0.5, 0.6) is 5.75 Å². The van der Waals surface area contributed by atoms with Gasteiger partial charge < -0.3 is 13.9 Å². The van der Waals surface area contributed by atoms with Gasteiger partial charge in [0.2, 0.25) is 12.1 Å². The smallest absolute Gasteiger partial charge is 0.227 e. The normalized spacial score (nSPS) is 15.2. The molecule has 1 aliphatic rings. The van der Waals surface area contributed by atoms with Gasteiger partial charge in [0.25, 0.3) is 0 Å². The number of aryl methyl sites for hydroxylation is 1. The average molecular weight is 464 g/mol. The Balaban J connectivity index is 1.42. The monoisotopic (exact) mass is 463 g/mol. The summed E-state index contributed by atoms with van der Waals surface area (Å²) in [4.78, 5) is 0. The van der Waals surface area contributed by atoms with E-state index in [2.05, 4.69) is 16.8 Å². The third-order valence-electron chi connectivity index (χ3n) is 5.34. The van der Waals surface area contributed by atoms with Crippen LogP contribution in [0.2, 0.25) is 0 Å². The van der Waals surface area contributed by atoms with Crippen LogP contribution < -0.4 is 4.74 Å². The highest BCUT2D eigenvalue weighted by Crippen LogP contribution is 2.39. The zero-order valence-electron chi connectivity index (χ0n) is 18.0. The van der Waals surface area contributed by atoms with Crippen molar-refractivity contribution in [2.45, 2.75) is 37.3 Å². The van der Waals surface area contributed by atoms with Crippen molar-refractivity contribution in [1.82, 2.24) is 14.8 Å². The van der Waals surface area contributed by atoms with Crippen LogP contribution in [0.25, 0.3) is 11.6 Å². The van der Waals surface area contributed by atoms with Gasteiger partial charge in [-0.3, -0.25) is 4.57 Å². The number of rotatable bonds is 7. The molecule has 8 heteroatoms. The van der Waals surface area contributed by atoms with E-state index < -0.39 is 6.29 Å². The number of allylic oxidation sites excluding steroid dienone is 1. The van der Waals surface area contributed by atoms with Gasteiger partial charge in [-0.25, -0.2) is 4.39 Å². The molecule has 0 amide bonds. The van der Waals surface area contributed by atoms with E-state index in [1.165, 1.54) is 23.9 Å². The largest absolute Gasteiger partial charge is 0.461 e. The Morgan fingerprint density at radius 3 is 2.82 bits per heavy atom. The lowest BCUT2D eigenvalue weighted by atomic mass is 10.1. The Kier molecular flexibility index (Phi) is 6.02. The summed E-state index contributed by atoms with van der Waals surface area (Å²) in [6.07, 6.45) is 2.88. The minimum atomic E-state index is -0.536. The number of hydrogen-bond donors (Lipinski definition) is 0. The van der Waals surface area contributed by atoms with E-state index in [1.54, 1.807) is 12.3 Å². The summed E-state index contributed by atoms with van der Waals surface area (Å²) >= 11 is 1.46. The number of halogens is 1. The first-order valence-electron chi connectivity index (χ1n) is 10.5. The molecule has 2 aromatic carbocycles. The summed E-state index contributed by atoms with van der Waals surface area (Å²) in [5.74, 6) is 2.09. The highest BCUT2D eigenvalue weighted by Gasteiger charge is 2.26. The number of ether oxygens (including phenoxy) is 2. The summed E-state index contributed by atoms with van der Waals surface area (Å²) in [5.41, 5.74) is 3.32. The highest BCUT2D eigenvalue weighted by atomic mass is 32.2. The molecule has 0 radical (unpaired) electrons. The van der Waals surface area contributed by atoms with Crippen molar-refractivity contribution in [1.29, 1.82) is 0 Å². The number of furan rings is 1. The van der Waals surface area contributed by atoms with Crippen molar-refractivity contribution in [2.75, 3.05) is 0 Å². The lowest BCUT2D eigenvalue weighted by Crippen LogP contribution is -2.19. The quantitative estimate of drug-likeness (QED) is 0.245. The molecule has 1 aliphatic heterocycles. The van der Waals surface area contributed by atoms with Crippen LogP contribution in [0.1, 0.15) is 28.5 Å². The van der Waals surface area contributed by atoms with Crippen LogP contribution in [0.3, 0.4) is 0 Å². The van der Waals surface area contributed by atoms with Gasteiger partial charge in [0, 0.05) is 29.0 Å². The van der Waals surface area contributed by atoms with Crippen molar-refractivity contribution in [3.8, 4) is 17.3 Å². The first-order valence-corrected chi connectivity index (χ1v) is 11.5. The van der Waals surface area contributed by atoms with Gasteiger partial charge in [0.1, 0.15) is 11.6 Å². The molecule has 0 aliphatic carbocycles. The topological polar surface area (TPSA) is 62.3 Å². The van der Waals surface area contributed by atoms with Crippen molar-refractivity contribution in [3.63, 3.8) is 0 Å². The van der Waals surface area contributed by atoms with Gasteiger partial charge in [-0.1, -0.05) is 48.2 Å². The molecule has 0 bridgehead atoms. The predicted octanol–water partition coefficient (Wildman–Crippen LogP) is 6.07. The maximum atomic E-state index is 14.4. The fraction of sp³-hybridized carbons (Fsp3) is 0.200. The van der Waals surface area contributed by atoms with Crippen LogP contribution in [0.15, 0.2) is 77.0 Å². The number of hydrogen-bond acceptors (Lipinski definition) is 6. The second-order valence-corrected chi connectivity index (χ2v) is 8.59. The summed E-state index contributed by atoms with van der Waals surface area (Å²) in [6, 6.07) is 14.6. The molecule has 5 rings (SSSR count). The van der Waals surface area contributed by atoms with Gasteiger partial charge in [-0.15, -0.1) is 16.8 Å². The molecular formula is C25H22FN3O3S. The maximum absolute atomic E-state index is 14.4. The Bertz CT molecular complexity index is 1290. The number of thioether (sulfide) groups is 1. The van der Waals surface area contributed by atoms with Crippen molar-refractivity contribution in [3.05, 3.63) is 95.5 Å². The van der Waals surface area contributed by atoms with E-state index in [1.807, 2.05) is 47.9 Å². The third kappa shape index (κ3) is 4.31. The minimum absolute atomic E-state index is 0.277. The van der Waals surface area contributed by atoms with Gasteiger partial charge >= 0.3 is 0 Å². The molecule has 0 unspecified atom stereocenters. The van der Waals surface area contributed by atoms with Crippen LogP contribution >= 0.6 is 11.8 Å². The number of nitrogens with zero attached hydrogens (tertiary/aromatic N) is 3. The predicted molar refractivity (Wildman–Crippen MR) is 123 cm³/mol. The molecule has 4 aromatic rings. The summed E-state index contributed by atoms with van der Waals surface area (Å²) in [7, 11) is 0. The second-order valence-electron chi connectivity index (χ2n) is 7.65. The van der Waals surface area contributed by atoms with E-state index >= 15 is 0 Å². The Morgan fingerprint density at radius 1 is 1.21 bits per heavy atom. The fourth-order valence-corrected chi connectivity index (χ4v) is 4.67. The molecule has 168 valence electrons. The molecule has 0 N–H and O–H groups in total. The third-order valence-corrected chi connectivity index (χ3v) is 6.36. The lowest BCUT2D eigenvalue weighted by molar-refractivity contribution is -0.112. The van der Waals surface area contributed by atoms with Crippen LogP contribution in [-0.4, -0.2) is 14.8 Å². The molecule has 0 fully saturated rings. The first-order chi connectivity index (χ1) is 16.1. The van der Waals surface area contributed by atoms with E-state index in [0.29, 0.717) is 40.4 Å². The molecule has 0 saturated carbocycles. The van der Waals surface area contributed by atoms with E-state index in [-0.39, 0.29) is 12.4 Å². The first kappa shape index (κ1) is 21.5. The minimum Gasteiger partial charge on any atom is -0.461 e. The molecule has 33 heavy (non-hydrogen) atoms. The molecule has 2 aromatic heterocycles. The Labute approximate surface area is 195 Å². The van der Waals surface area contributed by atoms with Crippen LogP contribution in [-0.2, 0) is 23.6 Å². The molecule has 1 atom stereocenters. The maximum Gasteiger partial charge on any atom is 0.227 e.